The number of aromatic nitrogens is 4. The van der Waals surface area contributed by atoms with E-state index < -0.39 is 0 Å². The van der Waals surface area contributed by atoms with Crippen LogP contribution in [0.2, 0.25) is 0 Å². The highest BCUT2D eigenvalue weighted by Crippen LogP contribution is 2.20. The normalized spacial score (nSPS) is 11.4. The number of furan rings is 1. The minimum absolute atomic E-state index is 0.418. The SMILES string of the molecule is CC(C)NCc1cn(Cc2cc(-c3ccco3)on2)nn1. The van der Waals surface area contributed by atoms with Gasteiger partial charge in [-0.25, -0.2) is 4.68 Å². The summed E-state index contributed by atoms with van der Waals surface area (Å²) in [5, 5.41) is 15.5. The molecule has 0 saturated carbocycles. The first kappa shape index (κ1) is 13.6. The van der Waals surface area contributed by atoms with Gasteiger partial charge in [0.2, 0.25) is 5.76 Å². The maximum atomic E-state index is 5.26. The zero-order valence-corrected chi connectivity index (χ0v) is 12.0. The fourth-order valence-corrected chi connectivity index (χ4v) is 1.89. The van der Waals surface area contributed by atoms with Crippen LogP contribution in [0.3, 0.4) is 0 Å². The van der Waals surface area contributed by atoms with E-state index in [1.165, 1.54) is 0 Å². The molecule has 0 saturated heterocycles. The van der Waals surface area contributed by atoms with Gasteiger partial charge in [0, 0.05) is 18.7 Å². The molecule has 0 fully saturated rings. The maximum absolute atomic E-state index is 5.26. The molecule has 0 atom stereocenters. The Labute approximate surface area is 121 Å². The summed E-state index contributed by atoms with van der Waals surface area (Å²) >= 11 is 0. The van der Waals surface area contributed by atoms with Gasteiger partial charge in [-0.1, -0.05) is 24.2 Å². The molecule has 0 aliphatic carbocycles. The number of rotatable bonds is 6. The standard InChI is InChI=1S/C14H17N5O2/c1-10(2)15-7-12-9-19(18-16-12)8-11-6-14(21-17-11)13-4-3-5-20-13/h3-6,9-10,15H,7-8H2,1-2H3. The molecule has 7 heteroatoms. The van der Waals surface area contributed by atoms with Gasteiger partial charge in [0.05, 0.1) is 24.7 Å². The number of nitrogens with one attached hydrogen (secondary N) is 1. The lowest BCUT2D eigenvalue weighted by atomic mass is 10.3. The van der Waals surface area contributed by atoms with Crippen LogP contribution in [0.25, 0.3) is 11.5 Å². The first-order valence-electron chi connectivity index (χ1n) is 6.82. The van der Waals surface area contributed by atoms with Crippen LogP contribution in [0.4, 0.5) is 0 Å². The quantitative estimate of drug-likeness (QED) is 0.747. The van der Waals surface area contributed by atoms with Gasteiger partial charge in [0.25, 0.3) is 0 Å². The van der Waals surface area contributed by atoms with Crippen molar-refractivity contribution in [2.24, 2.45) is 0 Å². The zero-order chi connectivity index (χ0) is 14.7. The molecule has 3 heterocycles. The van der Waals surface area contributed by atoms with Gasteiger partial charge in [0.1, 0.15) is 5.69 Å². The average molecular weight is 287 g/mol. The molecule has 0 aliphatic heterocycles. The Hall–Kier alpha value is -2.41. The van der Waals surface area contributed by atoms with Crippen LogP contribution in [0, 0.1) is 0 Å². The predicted molar refractivity (Wildman–Crippen MR) is 75.3 cm³/mol. The highest BCUT2D eigenvalue weighted by Gasteiger charge is 2.10. The smallest absolute Gasteiger partial charge is 0.202 e. The van der Waals surface area contributed by atoms with Crippen molar-refractivity contribution in [3.63, 3.8) is 0 Å². The molecule has 3 aromatic heterocycles. The van der Waals surface area contributed by atoms with Crippen molar-refractivity contribution in [3.8, 4) is 11.5 Å². The molecular weight excluding hydrogens is 270 g/mol. The van der Waals surface area contributed by atoms with Crippen molar-refractivity contribution < 1.29 is 8.94 Å². The van der Waals surface area contributed by atoms with Crippen molar-refractivity contribution >= 4 is 0 Å². The lowest BCUT2D eigenvalue weighted by Crippen LogP contribution is -2.21. The summed E-state index contributed by atoms with van der Waals surface area (Å²) in [6.45, 7) is 5.40. The van der Waals surface area contributed by atoms with Crippen LogP contribution in [0.1, 0.15) is 25.2 Å². The van der Waals surface area contributed by atoms with E-state index in [0.717, 1.165) is 11.4 Å². The van der Waals surface area contributed by atoms with Crippen LogP contribution < -0.4 is 5.32 Å². The molecule has 0 unspecified atom stereocenters. The number of hydrogen-bond acceptors (Lipinski definition) is 6. The van der Waals surface area contributed by atoms with Crippen molar-refractivity contribution in [2.45, 2.75) is 33.0 Å². The molecule has 3 aromatic rings. The van der Waals surface area contributed by atoms with E-state index in [4.69, 9.17) is 8.94 Å². The van der Waals surface area contributed by atoms with Crippen molar-refractivity contribution in [1.82, 2.24) is 25.5 Å². The Kier molecular flexibility index (Phi) is 3.83. The summed E-state index contributed by atoms with van der Waals surface area (Å²) < 4.78 is 12.3. The maximum Gasteiger partial charge on any atom is 0.202 e. The molecular formula is C14H17N5O2. The second kappa shape index (κ2) is 5.92. The molecule has 0 bridgehead atoms. The first-order valence-corrected chi connectivity index (χ1v) is 6.82. The van der Waals surface area contributed by atoms with Gasteiger partial charge in [-0.2, -0.15) is 0 Å². The van der Waals surface area contributed by atoms with E-state index in [-0.39, 0.29) is 0 Å². The fraction of sp³-hybridized carbons (Fsp3) is 0.357. The molecule has 110 valence electrons. The van der Waals surface area contributed by atoms with Gasteiger partial charge >= 0.3 is 0 Å². The Balaban J connectivity index is 1.64. The fourth-order valence-electron chi connectivity index (χ4n) is 1.89. The Bertz CT molecular complexity index is 684. The van der Waals surface area contributed by atoms with Crippen LogP contribution in [0.5, 0.6) is 0 Å². The molecule has 0 aliphatic rings. The van der Waals surface area contributed by atoms with Crippen molar-refractivity contribution in [1.29, 1.82) is 0 Å². The number of nitrogens with zero attached hydrogens (tertiary/aromatic N) is 4. The topological polar surface area (TPSA) is 81.9 Å². The molecule has 21 heavy (non-hydrogen) atoms. The number of hydrogen-bond donors (Lipinski definition) is 1. The molecule has 0 amide bonds. The molecule has 3 rings (SSSR count). The largest absolute Gasteiger partial charge is 0.461 e. The van der Waals surface area contributed by atoms with Crippen LogP contribution in [0.15, 0.2) is 39.6 Å². The van der Waals surface area contributed by atoms with Crippen molar-refractivity contribution in [2.75, 3.05) is 0 Å². The van der Waals surface area contributed by atoms with Gasteiger partial charge in [0.15, 0.2) is 5.76 Å². The Morgan fingerprint density at radius 2 is 2.19 bits per heavy atom. The minimum atomic E-state index is 0.418. The lowest BCUT2D eigenvalue weighted by molar-refractivity contribution is 0.407. The predicted octanol–water partition coefficient (Wildman–Crippen LogP) is 2.07. The highest BCUT2D eigenvalue weighted by atomic mass is 16.5. The van der Waals surface area contributed by atoms with E-state index in [0.29, 0.717) is 30.7 Å². The second-order valence-corrected chi connectivity index (χ2v) is 5.10. The summed E-state index contributed by atoms with van der Waals surface area (Å²) in [7, 11) is 0. The summed E-state index contributed by atoms with van der Waals surface area (Å²) in [6.07, 6.45) is 3.50. The third-order valence-corrected chi connectivity index (χ3v) is 2.92. The summed E-state index contributed by atoms with van der Waals surface area (Å²) in [5.41, 5.74) is 1.67. The van der Waals surface area contributed by atoms with E-state index >= 15 is 0 Å². The van der Waals surface area contributed by atoms with E-state index in [1.807, 2.05) is 24.4 Å². The highest BCUT2D eigenvalue weighted by molar-refractivity contribution is 5.49. The molecule has 7 nitrogen and oxygen atoms in total. The van der Waals surface area contributed by atoms with Crippen LogP contribution in [-0.2, 0) is 13.1 Å². The monoisotopic (exact) mass is 287 g/mol. The molecule has 1 N–H and O–H groups in total. The van der Waals surface area contributed by atoms with Gasteiger partial charge < -0.3 is 14.3 Å². The van der Waals surface area contributed by atoms with E-state index in [1.54, 1.807) is 10.9 Å². The Morgan fingerprint density at radius 1 is 1.29 bits per heavy atom. The minimum Gasteiger partial charge on any atom is -0.461 e. The molecule has 0 spiro atoms. The summed E-state index contributed by atoms with van der Waals surface area (Å²) in [6, 6.07) is 5.90. The average Bonchev–Trinajstić information content (AvgIpc) is 3.18. The zero-order valence-electron chi connectivity index (χ0n) is 12.0. The lowest BCUT2D eigenvalue weighted by Gasteiger charge is -2.03. The Morgan fingerprint density at radius 3 is 2.95 bits per heavy atom. The molecule has 0 aromatic carbocycles. The molecule has 0 radical (unpaired) electrons. The van der Waals surface area contributed by atoms with Gasteiger partial charge in [-0.3, -0.25) is 0 Å². The first-order chi connectivity index (χ1) is 10.2. The summed E-state index contributed by atoms with van der Waals surface area (Å²) in [5.74, 6) is 1.27. The van der Waals surface area contributed by atoms with Gasteiger partial charge in [-0.05, 0) is 12.1 Å². The van der Waals surface area contributed by atoms with Gasteiger partial charge in [-0.15, -0.1) is 5.10 Å². The third-order valence-electron chi connectivity index (χ3n) is 2.92. The van der Waals surface area contributed by atoms with Crippen LogP contribution >= 0.6 is 0 Å². The second-order valence-electron chi connectivity index (χ2n) is 5.10. The third kappa shape index (κ3) is 3.38. The van der Waals surface area contributed by atoms with E-state index in [2.05, 4.69) is 34.6 Å². The van der Waals surface area contributed by atoms with Crippen LogP contribution in [-0.4, -0.2) is 26.2 Å². The van der Waals surface area contributed by atoms with Crippen molar-refractivity contribution in [3.05, 3.63) is 42.0 Å². The van der Waals surface area contributed by atoms with E-state index in [9.17, 15) is 0 Å². The summed E-state index contributed by atoms with van der Waals surface area (Å²) in [4.78, 5) is 0.